The van der Waals surface area contributed by atoms with Crippen molar-refractivity contribution >= 4 is 5.91 Å². The summed E-state index contributed by atoms with van der Waals surface area (Å²) in [6.45, 7) is 4.69. The zero-order valence-electron chi connectivity index (χ0n) is 17.7. The van der Waals surface area contributed by atoms with E-state index in [-0.39, 0.29) is 5.91 Å². The third-order valence-electron chi connectivity index (χ3n) is 8.05. The molecule has 1 N–H and O–H groups in total. The number of carbonyl (C=O) groups excluding carboxylic acids is 1. The lowest BCUT2D eigenvalue weighted by molar-refractivity contribution is -0.165. The number of hydrogen-bond donors (Lipinski definition) is 1. The quantitative estimate of drug-likeness (QED) is 0.852. The SMILES string of the molecule is COC1(C(=O)N2C[C@@H]3C[C@H](C2)[C@@H]2CCC[C@H](c4ccccc4)N2C3)CCNCC1. The molecular weight excluding hydrogens is 362 g/mol. The maximum absolute atomic E-state index is 13.5. The maximum atomic E-state index is 13.5. The van der Waals surface area contributed by atoms with Crippen molar-refractivity contribution in [2.24, 2.45) is 11.8 Å². The molecule has 5 nitrogen and oxygen atoms in total. The second kappa shape index (κ2) is 8.01. The monoisotopic (exact) mass is 397 g/mol. The van der Waals surface area contributed by atoms with Crippen LogP contribution in [0.3, 0.4) is 0 Å². The molecule has 0 radical (unpaired) electrons. The van der Waals surface area contributed by atoms with Gasteiger partial charge in [0, 0.05) is 38.8 Å². The first-order valence-electron chi connectivity index (χ1n) is 11.6. The third kappa shape index (κ3) is 3.51. The molecule has 1 aromatic rings. The van der Waals surface area contributed by atoms with Crippen LogP contribution in [0.1, 0.15) is 50.1 Å². The Bertz CT molecular complexity index is 718. The number of nitrogens with zero attached hydrogens (tertiary/aromatic N) is 2. The molecule has 0 aliphatic carbocycles. The van der Waals surface area contributed by atoms with Crippen molar-refractivity contribution in [3.05, 3.63) is 35.9 Å². The van der Waals surface area contributed by atoms with Gasteiger partial charge in [-0.3, -0.25) is 9.69 Å². The number of ether oxygens (including phenoxy) is 1. The van der Waals surface area contributed by atoms with E-state index in [9.17, 15) is 4.79 Å². The Labute approximate surface area is 174 Å². The van der Waals surface area contributed by atoms with Crippen LogP contribution in [0.2, 0.25) is 0 Å². The molecule has 158 valence electrons. The van der Waals surface area contributed by atoms with Crippen LogP contribution in [-0.4, -0.2) is 67.2 Å². The number of methoxy groups -OCH3 is 1. The van der Waals surface area contributed by atoms with E-state index in [1.807, 2.05) is 0 Å². The lowest BCUT2D eigenvalue weighted by atomic mass is 9.73. The highest BCUT2D eigenvalue weighted by atomic mass is 16.5. The first kappa shape index (κ1) is 19.5. The Morgan fingerprint density at radius 1 is 1.10 bits per heavy atom. The topological polar surface area (TPSA) is 44.8 Å². The van der Waals surface area contributed by atoms with E-state index in [4.69, 9.17) is 4.74 Å². The van der Waals surface area contributed by atoms with Crippen molar-refractivity contribution in [1.82, 2.24) is 15.1 Å². The minimum atomic E-state index is -0.601. The van der Waals surface area contributed by atoms with Gasteiger partial charge in [-0.1, -0.05) is 30.3 Å². The second-order valence-corrected chi connectivity index (χ2v) is 9.64. The van der Waals surface area contributed by atoms with E-state index < -0.39 is 5.60 Å². The van der Waals surface area contributed by atoms with E-state index in [1.54, 1.807) is 7.11 Å². The summed E-state index contributed by atoms with van der Waals surface area (Å²) in [6, 6.07) is 12.2. The fourth-order valence-electron chi connectivity index (χ4n) is 6.63. The van der Waals surface area contributed by atoms with E-state index in [2.05, 4.69) is 45.4 Å². The molecular formula is C24H35N3O2. The number of carbonyl (C=O) groups is 1. The Morgan fingerprint density at radius 3 is 2.66 bits per heavy atom. The molecule has 4 aliphatic rings. The normalized spacial score (nSPS) is 34.4. The number of rotatable bonds is 3. The molecule has 4 heterocycles. The number of hydrogen-bond acceptors (Lipinski definition) is 4. The minimum absolute atomic E-state index is 0.250. The number of piperidine rings is 4. The molecule has 1 amide bonds. The summed E-state index contributed by atoms with van der Waals surface area (Å²) in [4.78, 5) is 18.5. The van der Waals surface area contributed by atoms with Gasteiger partial charge in [0.15, 0.2) is 0 Å². The largest absolute Gasteiger partial charge is 0.368 e. The van der Waals surface area contributed by atoms with Crippen molar-refractivity contribution in [2.75, 3.05) is 39.8 Å². The second-order valence-electron chi connectivity index (χ2n) is 9.64. The van der Waals surface area contributed by atoms with Crippen LogP contribution >= 0.6 is 0 Å². The highest BCUT2D eigenvalue weighted by Crippen LogP contribution is 2.44. The minimum Gasteiger partial charge on any atom is -0.368 e. The zero-order chi connectivity index (χ0) is 19.8. The lowest BCUT2D eigenvalue weighted by Crippen LogP contribution is -2.63. The van der Waals surface area contributed by atoms with Gasteiger partial charge < -0.3 is 15.0 Å². The van der Waals surface area contributed by atoms with Gasteiger partial charge in [-0.25, -0.2) is 0 Å². The van der Waals surface area contributed by atoms with Crippen molar-refractivity contribution < 1.29 is 9.53 Å². The van der Waals surface area contributed by atoms with Crippen LogP contribution in [0.4, 0.5) is 0 Å². The van der Waals surface area contributed by atoms with Crippen LogP contribution < -0.4 is 5.32 Å². The molecule has 0 aromatic heterocycles. The average Bonchev–Trinajstić information content (AvgIpc) is 2.79. The first-order chi connectivity index (χ1) is 14.2. The summed E-state index contributed by atoms with van der Waals surface area (Å²) < 4.78 is 5.86. The van der Waals surface area contributed by atoms with Gasteiger partial charge in [0.1, 0.15) is 5.60 Å². The van der Waals surface area contributed by atoms with Gasteiger partial charge in [-0.2, -0.15) is 0 Å². The molecule has 0 unspecified atom stereocenters. The fourth-order valence-corrected chi connectivity index (χ4v) is 6.63. The van der Waals surface area contributed by atoms with Gasteiger partial charge in [0.2, 0.25) is 0 Å². The molecule has 2 bridgehead atoms. The standard InChI is InChI=1S/C24H35N3O2/c1-29-24(10-12-25-13-11-24)23(28)26-15-18-14-20(17-26)22-9-5-8-21(27(22)16-18)19-6-3-2-4-7-19/h2-4,6-7,18,20-22,25H,5,8-17H2,1H3/t18-,20+,21+,22-/m0/s1. The molecule has 4 saturated heterocycles. The molecule has 5 heteroatoms. The van der Waals surface area contributed by atoms with E-state index in [0.717, 1.165) is 45.6 Å². The number of likely N-dealkylation sites (tertiary alicyclic amines) is 1. The molecule has 1 aromatic carbocycles. The van der Waals surface area contributed by atoms with Gasteiger partial charge in [0.05, 0.1) is 0 Å². The molecule has 4 aliphatic heterocycles. The lowest BCUT2D eigenvalue weighted by Gasteiger charge is -2.56. The summed E-state index contributed by atoms with van der Waals surface area (Å²) in [7, 11) is 1.72. The van der Waals surface area contributed by atoms with E-state index >= 15 is 0 Å². The maximum Gasteiger partial charge on any atom is 0.254 e. The van der Waals surface area contributed by atoms with E-state index in [1.165, 1.54) is 31.2 Å². The summed E-state index contributed by atoms with van der Waals surface area (Å²) in [5.74, 6) is 1.45. The molecule has 4 atom stereocenters. The predicted molar refractivity (Wildman–Crippen MR) is 114 cm³/mol. The van der Waals surface area contributed by atoms with Gasteiger partial charge in [-0.05, 0) is 69.0 Å². The van der Waals surface area contributed by atoms with E-state index in [0.29, 0.717) is 23.9 Å². The van der Waals surface area contributed by atoms with Crippen molar-refractivity contribution in [3.63, 3.8) is 0 Å². The van der Waals surface area contributed by atoms with Crippen LogP contribution in [0.25, 0.3) is 0 Å². The summed E-state index contributed by atoms with van der Waals surface area (Å²) >= 11 is 0. The molecule has 29 heavy (non-hydrogen) atoms. The smallest absolute Gasteiger partial charge is 0.254 e. The number of fused-ring (bicyclic) bond motifs is 4. The first-order valence-corrected chi connectivity index (χ1v) is 11.6. The molecule has 4 fully saturated rings. The highest BCUT2D eigenvalue weighted by Gasteiger charge is 2.49. The van der Waals surface area contributed by atoms with Gasteiger partial charge in [0.25, 0.3) is 5.91 Å². The summed E-state index contributed by atoms with van der Waals surface area (Å²) in [5, 5.41) is 3.37. The Kier molecular flexibility index (Phi) is 5.39. The number of benzene rings is 1. The Balaban J connectivity index is 1.34. The van der Waals surface area contributed by atoms with Crippen LogP contribution in [0, 0.1) is 11.8 Å². The average molecular weight is 398 g/mol. The fraction of sp³-hybridized carbons (Fsp3) is 0.708. The molecule has 5 rings (SSSR count). The van der Waals surface area contributed by atoms with Crippen LogP contribution in [0.15, 0.2) is 30.3 Å². The zero-order valence-corrected chi connectivity index (χ0v) is 17.7. The predicted octanol–water partition coefficient (Wildman–Crippen LogP) is 2.83. The molecule has 0 saturated carbocycles. The summed E-state index contributed by atoms with van der Waals surface area (Å²) in [6.07, 6.45) is 6.71. The highest BCUT2D eigenvalue weighted by molar-refractivity contribution is 5.85. The Hall–Kier alpha value is -1.43. The summed E-state index contributed by atoms with van der Waals surface area (Å²) in [5.41, 5.74) is 0.869. The number of nitrogens with one attached hydrogen (secondary N) is 1. The van der Waals surface area contributed by atoms with Crippen LogP contribution in [0.5, 0.6) is 0 Å². The third-order valence-corrected chi connectivity index (χ3v) is 8.05. The van der Waals surface area contributed by atoms with Gasteiger partial charge >= 0.3 is 0 Å². The van der Waals surface area contributed by atoms with Gasteiger partial charge in [-0.15, -0.1) is 0 Å². The number of amides is 1. The van der Waals surface area contributed by atoms with Crippen LogP contribution in [-0.2, 0) is 9.53 Å². The van der Waals surface area contributed by atoms with Crippen molar-refractivity contribution in [2.45, 2.75) is 56.2 Å². The van der Waals surface area contributed by atoms with Crippen molar-refractivity contribution in [1.29, 1.82) is 0 Å². The molecule has 0 spiro atoms. The Morgan fingerprint density at radius 2 is 1.90 bits per heavy atom. The van der Waals surface area contributed by atoms with Crippen molar-refractivity contribution in [3.8, 4) is 0 Å².